The average molecular weight is 440 g/mol. The lowest BCUT2D eigenvalue weighted by Crippen LogP contribution is -2.38. The number of methoxy groups -OCH3 is 1. The molecular formula is C27H25N3O3. The van der Waals surface area contributed by atoms with E-state index in [1.807, 2.05) is 71.6 Å². The molecule has 0 spiro atoms. The van der Waals surface area contributed by atoms with Crippen LogP contribution in [0.15, 0.2) is 83.4 Å². The Kier molecular flexibility index (Phi) is 5.89. The lowest BCUT2D eigenvalue weighted by molar-refractivity contribution is 0.0704. The van der Waals surface area contributed by atoms with Gasteiger partial charge in [0.15, 0.2) is 0 Å². The van der Waals surface area contributed by atoms with Crippen LogP contribution in [0.5, 0.6) is 5.75 Å². The first-order valence-electron chi connectivity index (χ1n) is 11.1. The molecule has 0 bridgehead atoms. The number of rotatable bonds is 5. The Hall–Kier alpha value is -3.93. The average Bonchev–Trinajstić information content (AvgIpc) is 3.39. The minimum absolute atomic E-state index is 0.0654. The van der Waals surface area contributed by atoms with E-state index in [9.17, 15) is 4.79 Å². The van der Waals surface area contributed by atoms with Crippen molar-refractivity contribution in [2.24, 2.45) is 0 Å². The predicted octanol–water partition coefficient (Wildman–Crippen LogP) is 5.43. The van der Waals surface area contributed by atoms with Gasteiger partial charge in [-0.25, -0.2) is 0 Å². The van der Waals surface area contributed by atoms with E-state index in [1.54, 1.807) is 7.11 Å². The zero-order valence-corrected chi connectivity index (χ0v) is 18.5. The summed E-state index contributed by atoms with van der Waals surface area (Å²) in [7, 11) is 1.63. The Labute approximate surface area is 192 Å². The molecule has 2 heterocycles. The van der Waals surface area contributed by atoms with Gasteiger partial charge in [-0.1, -0.05) is 59.8 Å². The maximum atomic E-state index is 13.0. The van der Waals surface area contributed by atoms with Crippen molar-refractivity contribution in [3.8, 4) is 28.3 Å². The highest BCUT2D eigenvalue weighted by atomic mass is 16.5. The second-order valence-corrected chi connectivity index (χ2v) is 8.20. The lowest BCUT2D eigenvalue weighted by Gasteiger charge is -2.30. The van der Waals surface area contributed by atoms with Crippen molar-refractivity contribution < 1.29 is 14.1 Å². The van der Waals surface area contributed by atoms with Gasteiger partial charge in [-0.3, -0.25) is 4.79 Å². The molecular weight excluding hydrogens is 414 g/mol. The number of carbonyl (C=O) groups is 1. The number of carbonyl (C=O) groups excluding carboxylic acids is 1. The van der Waals surface area contributed by atoms with Crippen molar-refractivity contribution in [2.75, 3.05) is 20.2 Å². The molecule has 0 unspecified atom stereocenters. The summed E-state index contributed by atoms with van der Waals surface area (Å²) in [4.78, 5) is 19.5. The molecule has 6 heteroatoms. The Morgan fingerprint density at radius 3 is 2.33 bits per heavy atom. The van der Waals surface area contributed by atoms with Crippen LogP contribution in [0.3, 0.4) is 0 Å². The highest BCUT2D eigenvalue weighted by molar-refractivity contribution is 5.94. The summed E-state index contributed by atoms with van der Waals surface area (Å²) in [6.45, 7) is 1.33. The van der Waals surface area contributed by atoms with Gasteiger partial charge < -0.3 is 14.2 Å². The van der Waals surface area contributed by atoms with Crippen molar-refractivity contribution in [2.45, 2.75) is 18.8 Å². The summed E-state index contributed by atoms with van der Waals surface area (Å²) in [6, 6.07) is 25.6. The van der Waals surface area contributed by atoms with Crippen molar-refractivity contribution >= 4 is 5.91 Å². The second kappa shape index (κ2) is 9.28. The number of likely N-dealkylation sites (tertiary alicyclic amines) is 1. The molecule has 4 aromatic rings. The summed E-state index contributed by atoms with van der Waals surface area (Å²) in [5.41, 5.74) is 3.82. The third-order valence-electron chi connectivity index (χ3n) is 6.14. The van der Waals surface area contributed by atoms with Gasteiger partial charge in [0.25, 0.3) is 5.91 Å². The maximum absolute atomic E-state index is 13.0. The quantitative estimate of drug-likeness (QED) is 0.415. The van der Waals surface area contributed by atoms with E-state index in [0.29, 0.717) is 30.4 Å². The second-order valence-electron chi connectivity index (χ2n) is 8.20. The number of hydrogen-bond donors (Lipinski definition) is 0. The molecule has 6 nitrogen and oxygen atoms in total. The third kappa shape index (κ3) is 4.51. The highest BCUT2D eigenvalue weighted by Gasteiger charge is 2.28. The number of hydrogen-bond acceptors (Lipinski definition) is 5. The van der Waals surface area contributed by atoms with Crippen LogP contribution in [0, 0.1) is 0 Å². The van der Waals surface area contributed by atoms with Crippen LogP contribution in [0.1, 0.15) is 35.0 Å². The van der Waals surface area contributed by atoms with Crippen LogP contribution in [0.25, 0.3) is 22.5 Å². The van der Waals surface area contributed by atoms with Crippen molar-refractivity contribution in [3.63, 3.8) is 0 Å². The summed E-state index contributed by atoms with van der Waals surface area (Å²) < 4.78 is 10.8. The predicted molar refractivity (Wildman–Crippen MR) is 126 cm³/mol. The molecule has 5 rings (SSSR count). The van der Waals surface area contributed by atoms with Crippen molar-refractivity contribution in [1.82, 2.24) is 15.0 Å². The Bertz CT molecular complexity index is 1230. The standard InChI is InChI=1S/C27H25N3O3/c1-32-24-9-5-8-23(18-24)25-28-26(33-29-25)21-14-16-30(17-15-21)27(31)22-12-10-20(11-13-22)19-6-3-2-4-7-19/h2-13,18,21H,14-17H2,1H3. The van der Waals surface area contributed by atoms with Crippen LogP contribution >= 0.6 is 0 Å². The largest absolute Gasteiger partial charge is 0.497 e. The summed E-state index contributed by atoms with van der Waals surface area (Å²) in [6.07, 6.45) is 1.60. The van der Waals surface area contributed by atoms with Gasteiger partial charge in [-0.05, 0) is 48.2 Å². The first-order chi connectivity index (χ1) is 16.2. The van der Waals surface area contributed by atoms with E-state index >= 15 is 0 Å². The summed E-state index contributed by atoms with van der Waals surface area (Å²) >= 11 is 0. The molecule has 1 aliphatic heterocycles. The first kappa shape index (κ1) is 20.9. The van der Waals surface area contributed by atoms with Crippen LogP contribution in [0.2, 0.25) is 0 Å². The van der Waals surface area contributed by atoms with E-state index in [2.05, 4.69) is 22.3 Å². The fraction of sp³-hybridized carbons (Fsp3) is 0.222. The van der Waals surface area contributed by atoms with Crippen LogP contribution in [-0.4, -0.2) is 41.1 Å². The third-order valence-corrected chi connectivity index (χ3v) is 6.14. The summed E-state index contributed by atoms with van der Waals surface area (Å²) in [5, 5.41) is 4.15. The molecule has 3 aromatic carbocycles. The van der Waals surface area contributed by atoms with Gasteiger partial charge in [0, 0.05) is 30.1 Å². The van der Waals surface area contributed by atoms with Crippen molar-refractivity contribution in [1.29, 1.82) is 0 Å². The van der Waals surface area contributed by atoms with Gasteiger partial charge >= 0.3 is 0 Å². The normalized spacial score (nSPS) is 14.3. The Balaban J connectivity index is 1.21. The molecule has 33 heavy (non-hydrogen) atoms. The van der Waals surface area contributed by atoms with E-state index in [4.69, 9.17) is 9.26 Å². The first-order valence-corrected chi connectivity index (χ1v) is 11.1. The number of benzene rings is 3. The Morgan fingerprint density at radius 1 is 0.909 bits per heavy atom. The van der Waals surface area contributed by atoms with Crippen LogP contribution in [-0.2, 0) is 0 Å². The fourth-order valence-electron chi connectivity index (χ4n) is 4.23. The monoisotopic (exact) mass is 439 g/mol. The Morgan fingerprint density at radius 2 is 1.61 bits per heavy atom. The molecule has 1 aliphatic rings. The summed E-state index contributed by atoms with van der Waals surface area (Å²) in [5.74, 6) is 2.16. The van der Waals surface area contributed by atoms with E-state index in [1.165, 1.54) is 0 Å². The molecule has 0 saturated carbocycles. The number of nitrogens with zero attached hydrogens (tertiary/aromatic N) is 3. The molecule has 1 amide bonds. The number of ether oxygens (including phenoxy) is 1. The molecule has 166 valence electrons. The minimum atomic E-state index is 0.0654. The maximum Gasteiger partial charge on any atom is 0.253 e. The van der Waals surface area contributed by atoms with Gasteiger partial charge in [0.1, 0.15) is 5.75 Å². The van der Waals surface area contributed by atoms with E-state index in [-0.39, 0.29) is 11.8 Å². The number of piperidine rings is 1. The molecule has 0 atom stereocenters. The topological polar surface area (TPSA) is 68.5 Å². The number of amides is 1. The van der Waals surface area contributed by atoms with Gasteiger partial charge in [0.05, 0.1) is 7.11 Å². The van der Waals surface area contributed by atoms with Crippen LogP contribution < -0.4 is 4.74 Å². The fourth-order valence-corrected chi connectivity index (χ4v) is 4.23. The molecule has 1 aromatic heterocycles. The highest BCUT2D eigenvalue weighted by Crippen LogP contribution is 2.30. The van der Waals surface area contributed by atoms with E-state index < -0.39 is 0 Å². The molecule has 1 fully saturated rings. The number of aromatic nitrogens is 2. The van der Waals surface area contributed by atoms with Gasteiger partial charge in [-0.2, -0.15) is 4.98 Å². The molecule has 0 aliphatic carbocycles. The molecule has 1 saturated heterocycles. The zero-order chi connectivity index (χ0) is 22.6. The SMILES string of the molecule is COc1cccc(-c2noc(C3CCN(C(=O)c4ccc(-c5ccccc5)cc4)CC3)n2)c1. The molecule has 0 radical (unpaired) electrons. The zero-order valence-electron chi connectivity index (χ0n) is 18.5. The van der Waals surface area contributed by atoms with Crippen molar-refractivity contribution in [3.05, 3.63) is 90.3 Å². The minimum Gasteiger partial charge on any atom is -0.497 e. The van der Waals surface area contributed by atoms with Gasteiger partial charge in [-0.15, -0.1) is 0 Å². The molecule has 0 N–H and O–H groups in total. The van der Waals surface area contributed by atoms with E-state index in [0.717, 1.165) is 35.3 Å². The smallest absolute Gasteiger partial charge is 0.253 e. The van der Waals surface area contributed by atoms with Crippen LogP contribution in [0.4, 0.5) is 0 Å². The lowest BCUT2D eigenvalue weighted by atomic mass is 9.96. The van der Waals surface area contributed by atoms with Gasteiger partial charge in [0.2, 0.25) is 11.7 Å².